The van der Waals surface area contributed by atoms with Gasteiger partial charge in [0.1, 0.15) is 0 Å². The summed E-state index contributed by atoms with van der Waals surface area (Å²) < 4.78 is 0. The Hall–Kier alpha value is -1.62. The number of hydroxylamine groups is 1. The zero-order chi connectivity index (χ0) is 8.97. The van der Waals surface area contributed by atoms with E-state index >= 15 is 0 Å². The number of aromatic nitrogens is 1. The van der Waals surface area contributed by atoms with E-state index in [1.54, 1.807) is 12.1 Å². The number of pyridine rings is 1. The van der Waals surface area contributed by atoms with E-state index in [1.807, 2.05) is 0 Å². The van der Waals surface area contributed by atoms with E-state index in [4.69, 9.17) is 10.9 Å². The van der Waals surface area contributed by atoms with Gasteiger partial charge >= 0.3 is 0 Å². The molecule has 1 aromatic rings. The van der Waals surface area contributed by atoms with Gasteiger partial charge in [0, 0.05) is 5.69 Å². The Kier molecular flexibility index (Phi) is 2.60. The standard InChI is InChI=1S/C7H9N3O2/c8-5-1-2-6(9-4-5)3-7(11)10-12/h1-2,4,12H,3,8H2,(H,10,11). The van der Waals surface area contributed by atoms with Crippen molar-refractivity contribution >= 4 is 11.6 Å². The van der Waals surface area contributed by atoms with Crippen LogP contribution in [0.2, 0.25) is 0 Å². The summed E-state index contributed by atoms with van der Waals surface area (Å²) in [6.45, 7) is 0. The molecule has 0 aromatic carbocycles. The van der Waals surface area contributed by atoms with E-state index in [2.05, 4.69) is 4.98 Å². The SMILES string of the molecule is Nc1ccc(CC(=O)NO)nc1. The molecular weight excluding hydrogens is 158 g/mol. The molecule has 0 saturated carbocycles. The average molecular weight is 167 g/mol. The van der Waals surface area contributed by atoms with Crippen molar-refractivity contribution in [3.8, 4) is 0 Å². The molecule has 12 heavy (non-hydrogen) atoms. The van der Waals surface area contributed by atoms with Crippen molar-refractivity contribution in [2.45, 2.75) is 6.42 Å². The largest absolute Gasteiger partial charge is 0.397 e. The van der Waals surface area contributed by atoms with Crippen molar-refractivity contribution < 1.29 is 10.0 Å². The molecule has 1 aromatic heterocycles. The lowest BCUT2D eigenvalue weighted by molar-refractivity contribution is -0.128. The van der Waals surface area contributed by atoms with Gasteiger partial charge in [-0.2, -0.15) is 0 Å². The minimum Gasteiger partial charge on any atom is -0.397 e. The van der Waals surface area contributed by atoms with Gasteiger partial charge < -0.3 is 5.73 Å². The van der Waals surface area contributed by atoms with Crippen LogP contribution in [0, 0.1) is 0 Å². The molecule has 1 amide bonds. The maximum absolute atomic E-state index is 10.6. The van der Waals surface area contributed by atoms with Gasteiger partial charge in [-0.1, -0.05) is 0 Å². The molecular formula is C7H9N3O2. The molecule has 0 bridgehead atoms. The summed E-state index contributed by atoms with van der Waals surface area (Å²) in [7, 11) is 0. The zero-order valence-electron chi connectivity index (χ0n) is 6.32. The molecule has 0 radical (unpaired) electrons. The minimum absolute atomic E-state index is 0.0524. The number of nitrogens with one attached hydrogen (secondary N) is 1. The molecule has 4 N–H and O–H groups in total. The molecule has 64 valence electrons. The summed E-state index contributed by atoms with van der Waals surface area (Å²) in [6.07, 6.45) is 1.51. The fraction of sp³-hybridized carbons (Fsp3) is 0.143. The van der Waals surface area contributed by atoms with Crippen LogP contribution in [-0.4, -0.2) is 16.1 Å². The monoisotopic (exact) mass is 167 g/mol. The van der Waals surface area contributed by atoms with Crippen molar-refractivity contribution in [2.75, 3.05) is 5.73 Å². The van der Waals surface area contributed by atoms with Crippen molar-refractivity contribution in [1.82, 2.24) is 10.5 Å². The van der Waals surface area contributed by atoms with Crippen molar-refractivity contribution in [3.05, 3.63) is 24.0 Å². The lowest BCUT2D eigenvalue weighted by Gasteiger charge is -1.98. The second-order valence-corrected chi connectivity index (χ2v) is 2.29. The summed E-state index contributed by atoms with van der Waals surface area (Å²) in [5.74, 6) is -0.493. The van der Waals surface area contributed by atoms with E-state index in [-0.39, 0.29) is 6.42 Å². The second kappa shape index (κ2) is 3.68. The van der Waals surface area contributed by atoms with E-state index in [9.17, 15) is 4.79 Å². The Balaban J connectivity index is 2.64. The summed E-state index contributed by atoms with van der Waals surface area (Å²) in [5.41, 5.74) is 8.01. The third kappa shape index (κ3) is 2.21. The molecule has 5 heteroatoms. The highest BCUT2D eigenvalue weighted by Gasteiger charge is 2.01. The van der Waals surface area contributed by atoms with Gasteiger partial charge in [-0.15, -0.1) is 0 Å². The van der Waals surface area contributed by atoms with Crippen LogP contribution in [0.15, 0.2) is 18.3 Å². The third-order valence-corrected chi connectivity index (χ3v) is 1.31. The normalized spacial score (nSPS) is 9.42. The Labute approximate surface area is 69.2 Å². The first-order chi connectivity index (χ1) is 5.72. The zero-order valence-corrected chi connectivity index (χ0v) is 6.32. The van der Waals surface area contributed by atoms with Crippen LogP contribution >= 0.6 is 0 Å². The first kappa shape index (κ1) is 8.48. The first-order valence-corrected chi connectivity index (χ1v) is 3.35. The molecule has 5 nitrogen and oxygen atoms in total. The van der Waals surface area contributed by atoms with Gasteiger partial charge in [-0.3, -0.25) is 15.0 Å². The van der Waals surface area contributed by atoms with E-state index in [0.29, 0.717) is 11.4 Å². The molecule has 0 aliphatic rings. The van der Waals surface area contributed by atoms with Crippen LogP contribution in [0.4, 0.5) is 5.69 Å². The Morgan fingerprint density at radius 3 is 2.92 bits per heavy atom. The minimum atomic E-state index is -0.493. The van der Waals surface area contributed by atoms with E-state index < -0.39 is 5.91 Å². The summed E-state index contributed by atoms with van der Waals surface area (Å²) in [4.78, 5) is 14.5. The Bertz CT molecular complexity index is 270. The smallest absolute Gasteiger partial charge is 0.249 e. The number of anilines is 1. The number of carbonyl (C=O) groups is 1. The highest BCUT2D eigenvalue weighted by molar-refractivity contribution is 5.76. The number of hydrogen-bond donors (Lipinski definition) is 3. The summed E-state index contributed by atoms with van der Waals surface area (Å²) in [5, 5.41) is 8.20. The number of amides is 1. The highest BCUT2D eigenvalue weighted by Crippen LogP contribution is 2.01. The number of nitrogens with two attached hydrogens (primary N) is 1. The predicted molar refractivity (Wildman–Crippen MR) is 42.3 cm³/mol. The summed E-state index contributed by atoms with van der Waals surface area (Å²) >= 11 is 0. The summed E-state index contributed by atoms with van der Waals surface area (Å²) in [6, 6.07) is 3.28. The fourth-order valence-electron chi connectivity index (χ4n) is 0.745. The molecule has 0 spiro atoms. The molecule has 1 rings (SSSR count). The van der Waals surface area contributed by atoms with Crippen LogP contribution < -0.4 is 11.2 Å². The van der Waals surface area contributed by atoms with Gasteiger partial charge in [0.05, 0.1) is 18.3 Å². The van der Waals surface area contributed by atoms with Gasteiger partial charge in [-0.05, 0) is 12.1 Å². The maximum atomic E-state index is 10.6. The number of rotatable bonds is 2. The lowest BCUT2D eigenvalue weighted by atomic mass is 10.2. The van der Waals surface area contributed by atoms with Crippen molar-refractivity contribution in [2.24, 2.45) is 0 Å². The second-order valence-electron chi connectivity index (χ2n) is 2.29. The number of carbonyl (C=O) groups excluding carboxylic acids is 1. The van der Waals surface area contributed by atoms with Crippen LogP contribution in [0.5, 0.6) is 0 Å². The molecule has 0 unspecified atom stereocenters. The number of nitrogens with zero attached hydrogens (tertiary/aromatic N) is 1. The number of hydrogen-bond acceptors (Lipinski definition) is 4. The molecule has 1 heterocycles. The molecule has 0 saturated heterocycles. The van der Waals surface area contributed by atoms with Crippen LogP contribution in [0.25, 0.3) is 0 Å². The van der Waals surface area contributed by atoms with E-state index in [0.717, 1.165) is 0 Å². The molecule has 0 fully saturated rings. The topological polar surface area (TPSA) is 88.2 Å². The van der Waals surface area contributed by atoms with E-state index in [1.165, 1.54) is 11.7 Å². The first-order valence-electron chi connectivity index (χ1n) is 3.35. The fourth-order valence-corrected chi connectivity index (χ4v) is 0.745. The molecule has 0 aliphatic heterocycles. The molecule has 0 atom stereocenters. The van der Waals surface area contributed by atoms with Gasteiger partial charge in [0.25, 0.3) is 0 Å². The number of nitrogen functional groups attached to an aromatic ring is 1. The van der Waals surface area contributed by atoms with Crippen LogP contribution in [-0.2, 0) is 11.2 Å². The predicted octanol–water partition coefficient (Wildman–Crippen LogP) is -0.288. The Morgan fingerprint density at radius 2 is 2.42 bits per heavy atom. The maximum Gasteiger partial charge on any atom is 0.249 e. The van der Waals surface area contributed by atoms with Crippen LogP contribution in [0.1, 0.15) is 5.69 Å². The third-order valence-electron chi connectivity index (χ3n) is 1.31. The van der Waals surface area contributed by atoms with Crippen molar-refractivity contribution in [3.63, 3.8) is 0 Å². The van der Waals surface area contributed by atoms with Crippen molar-refractivity contribution in [1.29, 1.82) is 0 Å². The lowest BCUT2D eigenvalue weighted by Crippen LogP contribution is -2.21. The Morgan fingerprint density at radius 1 is 1.67 bits per heavy atom. The van der Waals surface area contributed by atoms with Gasteiger partial charge in [0.15, 0.2) is 0 Å². The molecule has 0 aliphatic carbocycles. The highest BCUT2D eigenvalue weighted by atomic mass is 16.5. The quantitative estimate of drug-likeness (QED) is 0.417. The van der Waals surface area contributed by atoms with Crippen LogP contribution in [0.3, 0.4) is 0 Å². The van der Waals surface area contributed by atoms with Gasteiger partial charge in [-0.25, -0.2) is 5.48 Å². The average Bonchev–Trinajstić information content (AvgIpc) is 2.09. The van der Waals surface area contributed by atoms with Gasteiger partial charge in [0.2, 0.25) is 5.91 Å².